The molecule has 1 aromatic heterocycles. The second-order valence-corrected chi connectivity index (χ2v) is 3.80. The molecule has 2 N–H and O–H groups in total. The Kier molecular flexibility index (Phi) is 2.61. The first-order valence-electron chi connectivity index (χ1n) is 5.30. The van der Waals surface area contributed by atoms with Crippen molar-refractivity contribution in [3.05, 3.63) is 11.6 Å². The minimum Gasteiger partial charge on any atom is -0.368 e. The first-order valence-corrected chi connectivity index (χ1v) is 5.30. The van der Waals surface area contributed by atoms with Crippen molar-refractivity contribution in [1.82, 2.24) is 15.0 Å². The highest BCUT2D eigenvalue weighted by Gasteiger charge is 2.20. The third kappa shape index (κ3) is 1.84. The smallest absolute Gasteiger partial charge is 0.223 e. The number of aryl methyl sites for hydroxylation is 1. The molecule has 0 aliphatic heterocycles. The first kappa shape index (κ1) is 9.37. The molecule has 76 valence electrons. The van der Waals surface area contributed by atoms with Gasteiger partial charge in [-0.2, -0.15) is 9.97 Å². The quantitative estimate of drug-likeness (QED) is 0.774. The van der Waals surface area contributed by atoms with Crippen molar-refractivity contribution in [3.8, 4) is 0 Å². The summed E-state index contributed by atoms with van der Waals surface area (Å²) in [5.74, 6) is 2.62. The predicted octanol–water partition coefficient (Wildman–Crippen LogP) is 1.67. The molecule has 0 bridgehead atoms. The molecular weight excluding hydrogens is 176 g/mol. The van der Waals surface area contributed by atoms with Crippen LogP contribution in [0.25, 0.3) is 0 Å². The fourth-order valence-corrected chi connectivity index (χ4v) is 1.98. The van der Waals surface area contributed by atoms with Crippen molar-refractivity contribution < 1.29 is 0 Å². The zero-order chi connectivity index (χ0) is 9.97. The van der Waals surface area contributed by atoms with Crippen LogP contribution in [0.2, 0.25) is 0 Å². The van der Waals surface area contributed by atoms with Crippen molar-refractivity contribution in [2.24, 2.45) is 0 Å². The van der Waals surface area contributed by atoms with E-state index in [1.54, 1.807) is 0 Å². The van der Waals surface area contributed by atoms with Gasteiger partial charge in [0.2, 0.25) is 5.95 Å². The molecule has 1 aliphatic carbocycles. The maximum absolute atomic E-state index is 5.64. The van der Waals surface area contributed by atoms with Crippen LogP contribution in [-0.4, -0.2) is 15.0 Å². The molecule has 0 spiro atoms. The summed E-state index contributed by atoms with van der Waals surface area (Å²) in [6.45, 7) is 2.03. The molecular formula is C10H16N4. The Balaban J connectivity index is 2.27. The molecule has 1 saturated carbocycles. The van der Waals surface area contributed by atoms with E-state index in [-0.39, 0.29) is 0 Å². The number of nitrogen functional groups attached to an aromatic ring is 1. The fraction of sp³-hybridized carbons (Fsp3) is 0.700. The van der Waals surface area contributed by atoms with Gasteiger partial charge in [0, 0.05) is 12.3 Å². The fourth-order valence-electron chi connectivity index (χ4n) is 1.98. The van der Waals surface area contributed by atoms with Gasteiger partial charge in [-0.05, 0) is 12.8 Å². The number of nitrogens with two attached hydrogens (primary N) is 1. The molecule has 4 heteroatoms. The van der Waals surface area contributed by atoms with Crippen LogP contribution in [0.5, 0.6) is 0 Å². The SMILES string of the molecule is CCc1nc(N)nc(C2CCCC2)n1. The van der Waals surface area contributed by atoms with Crippen molar-refractivity contribution in [3.63, 3.8) is 0 Å². The molecule has 0 radical (unpaired) electrons. The Morgan fingerprint density at radius 2 is 1.93 bits per heavy atom. The van der Waals surface area contributed by atoms with E-state index in [9.17, 15) is 0 Å². The predicted molar refractivity (Wildman–Crippen MR) is 54.8 cm³/mol. The Morgan fingerprint density at radius 1 is 1.21 bits per heavy atom. The molecule has 1 heterocycles. The third-order valence-corrected chi connectivity index (χ3v) is 2.75. The molecule has 0 amide bonds. The van der Waals surface area contributed by atoms with Gasteiger partial charge in [0.1, 0.15) is 11.6 Å². The third-order valence-electron chi connectivity index (χ3n) is 2.75. The topological polar surface area (TPSA) is 64.7 Å². The summed E-state index contributed by atoms with van der Waals surface area (Å²) in [6.07, 6.45) is 5.81. The van der Waals surface area contributed by atoms with Crippen LogP contribution >= 0.6 is 0 Å². The molecule has 14 heavy (non-hydrogen) atoms. The lowest BCUT2D eigenvalue weighted by molar-refractivity contribution is 0.653. The van der Waals surface area contributed by atoms with Crippen LogP contribution in [0.1, 0.15) is 50.2 Å². The zero-order valence-electron chi connectivity index (χ0n) is 8.53. The summed E-state index contributed by atoms with van der Waals surface area (Å²) in [5, 5.41) is 0. The van der Waals surface area contributed by atoms with E-state index in [1.807, 2.05) is 6.92 Å². The zero-order valence-corrected chi connectivity index (χ0v) is 8.53. The van der Waals surface area contributed by atoms with Crippen molar-refractivity contribution >= 4 is 5.95 Å². The van der Waals surface area contributed by atoms with E-state index < -0.39 is 0 Å². The maximum Gasteiger partial charge on any atom is 0.223 e. The van der Waals surface area contributed by atoms with Gasteiger partial charge in [-0.15, -0.1) is 0 Å². The van der Waals surface area contributed by atoms with Gasteiger partial charge >= 0.3 is 0 Å². The largest absolute Gasteiger partial charge is 0.368 e. The van der Waals surface area contributed by atoms with Gasteiger partial charge in [0.15, 0.2) is 0 Å². The van der Waals surface area contributed by atoms with E-state index in [1.165, 1.54) is 25.7 Å². The Hall–Kier alpha value is -1.19. The Labute approximate surface area is 84.0 Å². The number of anilines is 1. The molecule has 0 unspecified atom stereocenters. The molecule has 1 aromatic rings. The van der Waals surface area contributed by atoms with E-state index in [2.05, 4.69) is 15.0 Å². The number of rotatable bonds is 2. The highest BCUT2D eigenvalue weighted by Crippen LogP contribution is 2.32. The summed E-state index contributed by atoms with van der Waals surface area (Å²) in [7, 11) is 0. The molecule has 2 rings (SSSR count). The minimum atomic E-state index is 0.374. The summed E-state index contributed by atoms with van der Waals surface area (Å²) < 4.78 is 0. The highest BCUT2D eigenvalue weighted by molar-refractivity contribution is 5.17. The van der Waals surface area contributed by atoms with Crippen molar-refractivity contribution in [1.29, 1.82) is 0 Å². The molecule has 1 aliphatic rings. The molecule has 0 saturated heterocycles. The molecule has 0 aromatic carbocycles. The normalized spacial score (nSPS) is 17.5. The number of hydrogen-bond acceptors (Lipinski definition) is 4. The Bertz CT molecular complexity index is 318. The molecule has 1 fully saturated rings. The van der Waals surface area contributed by atoms with Gasteiger partial charge < -0.3 is 5.73 Å². The van der Waals surface area contributed by atoms with Crippen LogP contribution in [0.15, 0.2) is 0 Å². The van der Waals surface area contributed by atoms with E-state index in [4.69, 9.17) is 5.73 Å². The maximum atomic E-state index is 5.64. The van der Waals surface area contributed by atoms with E-state index in [0.717, 1.165) is 18.1 Å². The summed E-state index contributed by atoms with van der Waals surface area (Å²) in [4.78, 5) is 12.7. The van der Waals surface area contributed by atoms with Gasteiger partial charge in [-0.25, -0.2) is 4.98 Å². The van der Waals surface area contributed by atoms with Crippen LogP contribution < -0.4 is 5.73 Å². The lowest BCUT2D eigenvalue weighted by Crippen LogP contribution is -2.09. The van der Waals surface area contributed by atoms with E-state index >= 15 is 0 Å². The van der Waals surface area contributed by atoms with Crippen molar-refractivity contribution in [2.75, 3.05) is 5.73 Å². The average molecular weight is 192 g/mol. The average Bonchev–Trinajstić information content (AvgIpc) is 2.69. The monoisotopic (exact) mass is 192 g/mol. The number of aromatic nitrogens is 3. The lowest BCUT2D eigenvalue weighted by atomic mass is 10.1. The summed E-state index contributed by atoms with van der Waals surface area (Å²) in [6, 6.07) is 0. The summed E-state index contributed by atoms with van der Waals surface area (Å²) >= 11 is 0. The first-order chi connectivity index (χ1) is 6.79. The number of hydrogen-bond donors (Lipinski definition) is 1. The molecule has 4 nitrogen and oxygen atoms in total. The van der Waals surface area contributed by atoms with Crippen LogP contribution in [-0.2, 0) is 6.42 Å². The van der Waals surface area contributed by atoms with E-state index in [0.29, 0.717) is 11.9 Å². The highest BCUT2D eigenvalue weighted by atomic mass is 15.1. The standard InChI is InChI=1S/C10H16N4/c1-2-8-12-9(14-10(11)13-8)7-5-3-4-6-7/h7H,2-6H2,1H3,(H2,11,12,13,14). The summed E-state index contributed by atoms with van der Waals surface area (Å²) in [5.41, 5.74) is 5.64. The van der Waals surface area contributed by atoms with Gasteiger partial charge in [-0.3, -0.25) is 0 Å². The number of nitrogens with zero attached hydrogens (tertiary/aromatic N) is 3. The lowest BCUT2D eigenvalue weighted by Gasteiger charge is -2.08. The minimum absolute atomic E-state index is 0.374. The van der Waals surface area contributed by atoms with Gasteiger partial charge in [-0.1, -0.05) is 19.8 Å². The van der Waals surface area contributed by atoms with Crippen LogP contribution in [0.3, 0.4) is 0 Å². The Morgan fingerprint density at radius 3 is 2.57 bits per heavy atom. The van der Waals surface area contributed by atoms with Gasteiger partial charge in [0.05, 0.1) is 0 Å². The molecule has 0 atom stereocenters. The van der Waals surface area contributed by atoms with Crippen LogP contribution in [0.4, 0.5) is 5.95 Å². The van der Waals surface area contributed by atoms with Gasteiger partial charge in [0.25, 0.3) is 0 Å². The second-order valence-electron chi connectivity index (χ2n) is 3.80. The van der Waals surface area contributed by atoms with Crippen molar-refractivity contribution in [2.45, 2.75) is 44.9 Å². The second kappa shape index (κ2) is 3.90. The van der Waals surface area contributed by atoms with Crippen LogP contribution in [0, 0.1) is 0 Å².